The van der Waals surface area contributed by atoms with Gasteiger partial charge < -0.3 is 14.6 Å². The first-order valence-corrected chi connectivity index (χ1v) is 7.53. The van der Waals surface area contributed by atoms with Crippen LogP contribution in [0.2, 0.25) is 0 Å². The highest BCUT2D eigenvalue weighted by Gasteiger charge is 2.17. The van der Waals surface area contributed by atoms with Crippen LogP contribution in [0.25, 0.3) is 11.5 Å². The van der Waals surface area contributed by atoms with Gasteiger partial charge >= 0.3 is 0 Å². The van der Waals surface area contributed by atoms with Gasteiger partial charge in [0.2, 0.25) is 11.7 Å². The van der Waals surface area contributed by atoms with Crippen LogP contribution in [-0.4, -0.2) is 34.7 Å². The number of carbonyl (C=O) groups excluding carboxylic acids is 1. The molecule has 128 valence electrons. The predicted molar refractivity (Wildman–Crippen MR) is 86.5 cm³/mol. The summed E-state index contributed by atoms with van der Waals surface area (Å²) in [6.07, 6.45) is 1.94. The molecule has 0 saturated heterocycles. The Morgan fingerprint density at radius 2 is 2.16 bits per heavy atom. The molecule has 0 fully saturated rings. The Morgan fingerprint density at radius 1 is 1.28 bits per heavy atom. The lowest BCUT2D eigenvalue weighted by molar-refractivity contribution is 0.0946. The Labute approximate surface area is 142 Å². The molecule has 0 aliphatic rings. The number of rotatable bonds is 6. The van der Waals surface area contributed by atoms with Crippen LogP contribution < -0.4 is 10.1 Å². The van der Waals surface area contributed by atoms with E-state index in [2.05, 4.69) is 20.4 Å². The van der Waals surface area contributed by atoms with Gasteiger partial charge in [-0.2, -0.15) is 4.98 Å². The van der Waals surface area contributed by atoms with Crippen molar-refractivity contribution in [1.29, 1.82) is 0 Å². The number of hydrogen-bond acceptors (Lipinski definition) is 6. The van der Waals surface area contributed by atoms with Gasteiger partial charge in [-0.3, -0.25) is 9.78 Å². The molecule has 0 aliphatic heterocycles. The average Bonchev–Trinajstić information content (AvgIpc) is 3.11. The number of hydrogen-bond donors (Lipinski definition) is 1. The van der Waals surface area contributed by atoms with E-state index in [4.69, 9.17) is 9.26 Å². The zero-order valence-electron chi connectivity index (χ0n) is 13.4. The van der Waals surface area contributed by atoms with Crippen LogP contribution in [0.5, 0.6) is 5.75 Å². The Hall–Kier alpha value is -3.29. The van der Waals surface area contributed by atoms with E-state index in [1.54, 1.807) is 18.3 Å². The van der Waals surface area contributed by atoms with Crippen LogP contribution >= 0.6 is 0 Å². The quantitative estimate of drug-likeness (QED) is 0.739. The van der Waals surface area contributed by atoms with E-state index < -0.39 is 11.7 Å². The van der Waals surface area contributed by atoms with Gasteiger partial charge in [-0.1, -0.05) is 17.3 Å². The van der Waals surface area contributed by atoms with Crippen molar-refractivity contribution < 1.29 is 18.4 Å². The first-order chi connectivity index (χ1) is 12.2. The molecule has 0 radical (unpaired) electrons. The molecule has 3 rings (SSSR count). The van der Waals surface area contributed by atoms with E-state index >= 15 is 0 Å². The van der Waals surface area contributed by atoms with E-state index in [0.29, 0.717) is 23.8 Å². The fourth-order valence-corrected chi connectivity index (χ4v) is 2.22. The molecule has 0 unspecified atom stereocenters. The summed E-state index contributed by atoms with van der Waals surface area (Å²) in [6.45, 7) is 0.209. The van der Waals surface area contributed by atoms with Gasteiger partial charge in [-0.25, -0.2) is 4.39 Å². The largest absolute Gasteiger partial charge is 0.496 e. The van der Waals surface area contributed by atoms with E-state index in [9.17, 15) is 9.18 Å². The molecule has 0 aliphatic carbocycles. The number of benzene rings is 1. The molecule has 8 heteroatoms. The third kappa shape index (κ3) is 3.79. The molecule has 0 bridgehead atoms. The Kier molecular flexibility index (Phi) is 4.98. The first-order valence-electron chi connectivity index (χ1n) is 7.53. The van der Waals surface area contributed by atoms with Crippen LogP contribution in [-0.2, 0) is 6.42 Å². The molecule has 0 spiro atoms. The lowest BCUT2D eigenvalue weighted by Crippen LogP contribution is -2.27. The molecule has 3 aromatic rings. The molecule has 2 aromatic heterocycles. The molecule has 2 heterocycles. The first kappa shape index (κ1) is 16.6. The summed E-state index contributed by atoms with van der Waals surface area (Å²) in [5.41, 5.74) is 0.460. The maximum atomic E-state index is 13.8. The van der Waals surface area contributed by atoms with Crippen LogP contribution in [0.15, 0.2) is 47.1 Å². The second-order valence-electron chi connectivity index (χ2n) is 5.05. The highest BCUT2D eigenvalue weighted by Crippen LogP contribution is 2.20. The number of methoxy groups -OCH3 is 1. The number of ether oxygens (including phenoxy) is 1. The molecule has 7 nitrogen and oxygen atoms in total. The number of aromatic nitrogens is 3. The smallest absolute Gasteiger partial charge is 0.258 e. The van der Waals surface area contributed by atoms with Gasteiger partial charge in [0.25, 0.3) is 5.91 Å². The van der Waals surface area contributed by atoms with Crippen molar-refractivity contribution in [3.63, 3.8) is 0 Å². The summed E-state index contributed by atoms with van der Waals surface area (Å²) in [7, 11) is 1.38. The maximum Gasteiger partial charge on any atom is 0.258 e. The number of pyridine rings is 1. The summed E-state index contributed by atoms with van der Waals surface area (Å²) in [4.78, 5) is 20.5. The molecular formula is C17H15FN4O3. The van der Waals surface area contributed by atoms with Crippen molar-refractivity contribution in [2.45, 2.75) is 6.42 Å². The minimum Gasteiger partial charge on any atom is -0.496 e. The predicted octanol–water partition coefficient (Wildman–Crippen LogP) is 2.25. The highest BCUT2D eigenvalue weighted by molar-refractivity contribution is 5.97. The summed E-state index contributed by atoms with van der Waals surface area (Å²) in [5, 5.41) is 6.45. The topological polar surface area (TPSA) is 90.1 Å². The van der Waals surface area contributed by atoms with Gasteiger partial charge in [0.15, 0.2) is 0 Å². The van der Waals surface area contributed by atoms with Gasteiger partial charge in [0, 0.05) is 19.2 Å². The number of nitrogens with zero attached hydrogens (tertiary/aromatic N) is 3. The zero-order valence-corrected chi connectivity index (χ0v) is 13.4. The van der Waals surface area contributed by atoms with Crippen LogP contribution in [0.1, 0.15) is 16.2 Å². The molecule has 1 N–H and O–H groups in total. The SMILES string of the molecule is COc1cccc(F)c1C(=O)NCCc1nc(-c2ccccn2)no1. The van der Waals surface area contributed by atoms with Gasteiger partial charge in [-0.15, -0.1) is 0 Å². The average molecular weight is 342 g/mol. The van der Waals surface area contributed by atoms with Gasteiger partial charge in [0.05, 0.1) is 7.11 Å². The summed E-state index contributed by atoms with van der Waals surface area (Å²) in [6, 6.07) is 9.57. The van der Waals surface area contributed by atoms with Crippen LogP contribution in [0.4, 0.5) is 4.39 Å². The van der Waals surface area contributed by atoms with E-state index in [0.717, 1.165) is 0 Å². The fourth-order valence-electron chi connectivity index (χ4n) is 2.22. The molecule has 25 heavy (non-hydrogen) atoms. The lowest BCUT2D eigenvalue weighted by Gasteiger charge is -2.09. The van der Waals surface area contributed by atoms with Gasteiger partial charge in [-0.05, 0) is 24.3 Å². The minimum absolute atomic E-state index is 0.135. The summed E-state index contributed by atoms with van der Waals surface area (Å²) >= 11 is 0. The van der Waals surface area contributed by atoms with Crippen molar-refractivity contribution in [2.24, 2.45) is 0 Å². The molecule has 0 atom stereocenters. The molecule has 1 amide bonds. The van der Waals surface area contributed by atoms with Gasteiger partial charge in [0.1, 0.15) is 22.8 Å². The lowest BCUT2D eigenvalue weighted by atomic mass is 10.1. The Balaban J connectivity index is 1.60. The number of nitrogens with one attached hydrogen (secondary N) is 1. The van der Waals surface area contributed by atoms with Crippen molar-refractivity contribution >= 4 is 5.91 Å². The van der Waals surface area contributed by atoms with Crippen LogP contribution in [0.3, 0.4) is 0 Å². The van der Waals surface area contributed by atoms with Crippen molar-refractivity contribution in [3.05, 3.63) is 59.9 Å². The minimum atomic E-state index is -0.646. The fraction of sp³-hybridized carbons (Fsp3) is 0.176. The van der Waals surface area contributed by atoms with Crippen molar-refractivity contribution in [3.8, 4) is 17.3 Å². The molecular weight excluding hydrogens is 327 g/mol. The number of carbonyl (C=O) groups is 1. The van der Waals surface area contributed by atoms with E-state index in [-0.39, 0.29) is 17.9 Å². The highest BCUT2D eigenvalue weighted by atomic mass is 19.1. The Morgan fingerprint density at radius 3 is 2.92 bits per heavy atom. The standard InChI is InChI=1S/C17H15FN4O3/c1-24-13-7-4-5-11(18)15(13)17(23)20-10-8-14-21-16(22-25-14)12-6-2-3-9-19-12/h2-7,9H,8,10H2,1H3,(H,20,23). The van der Waals surface area contributed by atoms with Crippen LogP contribution in [0, 0.1) is 5.82 Å². The monoisotopic (exact) mass is 342 g/mol. The van der Waals surface area contributed by atoms with Crippen molar-refractivity contribution in [2.75, 3.05) is 13.7 Å². The summed E-state index contributed by atoms with van der Waals surface area (Å²) in [5.74, 6) is -0.321. The van der Waals surface area contributed by atoms with E-state index in [1.165, 1.54) is 25.3 Å². The third-order valence-corrected chi connectivity index (χ3v) is 3.41. The van der Waals surface area contributed by atoms with Crippen molar-refractivity contribution in [1.82, 2.24) is 20.4 Å². The summed E-state index contributed by atoms with van der Waals surface area (Å²) < 4.78 is 24.0. The third-order valence-electron chi connectivity index (χ3n) is 3.41. The number of halogens is 1. The Bertz CT molecular complexity index is 867. The molecule has 1 aromatic carbocycles. The maximum absolute atomic E-state index is 13.8. The zero-order chi connectivity index (χ0) is 17.6. The molecule has 0 saturated carbocycles. The second kappa shape index (κ2) is 7.52. The second-order valence-corrected chi connectivity index (χ2v) is 5.05. The van der Waals surface area contributed by atoms with E-state index in [1.807, 2.05) is 6.07 Å². The number of amides is 1. The normalized spacial score (nSPS) is 10.5.